The molecule has 0 N–H and O–H groups in total. The maximum Gasteiger partial charge on any atom is 0.310 e. The molecule has 1 atom stereocenters. The molecule has 0 spiro atoms. The number of thiophene rings is 1. The lowest BCUT2D eigenvalue weighted by Crippen LogP contribution is -2.36. The minimum absolute atomic E-state index is 0.0816. The summed E-state index contributed by atoms with van der Waals surface area (Å²) < 4.78 is 6.70. The normalized spacial score (nSPS) is 12.2. The monoisotopic (exact) mass is 433 g/mol. The number of carbonyl (C=O) groups excluding carboxylic acids is 2. The number of benzene rings is 1. The second-order valence-electron chi connectivity index (χ2n) is 6.97. The number of hydrogen-bond acceptors (Lipinski definition) is 5. The Balaban J connectivity index is 1.85. The molecule has 0 saturated carbocycles. The van der Waals surface area contributed by atoms with E-state index in [1.807, 2.05) is 48.9 Å². The third kappa shape index (κ3) is 4.62. The molecule has 2 heterocycles. The van der Waals surface area contributed by atoms with Crippen LogP contribution in [-0.4, -0.2) is 46.8 Å². The van der Waals surface area contributed by atoms with E-state index in [2.05, 4.69) is 5.10 Å². The van der Waals surface area contributed by atoms with Crippen LogP contribution in [0.2, 0.25) is 5.02 Å². The second-order valence-corrected chi connectivity index (χ2v) is 8.43. The van der Waals surface area contributed by atoms with Crippen molar-refractivity contribution < 1.29 is 14.3 Å². The molecule has 0 aliphatic rings. The number of aromatic nitrogens is 2. The highest BCUT2D eigenvalue weighted by Crippen LogP contribution is 2.30. The Bertz CT molecular complexity index is 1030. The van der Waals surface area contributed by atoms with Crippen LogP contribution in [0.1, 0.15) is 34.8 Å². The molecule has 154 valence electrons. The summed E-state index contributed by atoms with van der Waals surface area (Å²) in [6, 6.07) is 9.55. The van der Waals surface area contributed by atoms with Crippen LogP contribution in [0.5, 0.6) is 0 Å². The Kier molecular flexibility index (Phi) is 6.59. The van der Waals surface area contributed by atoms with E-state index < -0.39 is 0 Å². The molecule has 1 aromatic carbocycles. The first-order valence-electron chi connectivity index (χ1n) is 9.42. The van der Waals surface area contributed by atoms with Gasteiger partial charge in [-0.2, -0.15) is 5.10 Å². The van der Waals surface area contributed by atoms with Gasteiger partial charge < -0.3 is 9.64 Å². The summed E-state index contributed by atoms with van der Waals surface area (Å²) in [6.07, 6.45) is 0. The van der Waals surface area contributed by atoms with Crippen molar-refractivity contribution in [1.82, 2.24) is 14.7 Å². The predicted octanol–water partition coefficient (Wildman–Crippen LogP) is 4.38. The Morgan fingerprint density at radius 1 is 1.31 bits per heavy atom. The zero-order chi connectivity index (χ0) is 21.1. The first-order chi connectivity index (χ1) is 13.8. The van der Waals surface area contributed by atoms with Gasteiger partial charge in [-0.15, -0.1) is 11.3 Å². The van der Waals surface area contributed by atoms with Crippen LogP contribution < -0.4 is 0 Å². The van der Waals surface area contributed by atoms with Crippen molar-refractivity contribution in [2.24, 2.45) is 5.92 Å². The molecular weight excluding hydrogens is 410 g/mol. The van der Waals surface area contributed by atoms with Crippen LogP contribution in [0, 0.1) is 12.8 Å². The van der Waals surface area contributed by atoms with Crippen LogP contribution in [0.3, 0.4) is 0 Å². The molecule has 3 aromatic rings. The summed E-state index contributed by atoms with van der Waals surface area (Å²) in [5, 5.41) is 6.29. The minimum atomic E-state index is -0.375. The lowest BCUT2D eigenvalue weighted by Gasteiger charge is -2.22. The number of methoxy groups -OCH3 is 1. The van der Waals surface area contributed by atoms with Crippen molar-refractivity contribution in [1.29, 1.82) is 0 Å². The van der Waals surface area contributed by atoms with Crippen molar-refractivity contribution in [2.45, 2.75) is 27.3 Å². The number of hydrogen-bond donors (Lipinski definition) is 0. The molecule has 1 unspecified atom stereocenters. The fraction of sp³-hybridized carbons (Fsp3) is 0.381. The second kappa shape index (κ2) is 8.97. The molecule has 0 aliphatic heterocycles. The van der Waals surface area contributed by atoms with Gasteiger partial charge in [0.1, 0.15) is 4.83 Å². The zero-order valence-corrected chi connectivity index (χ0v) is 18.5. The molecule has 0 radical (unpaired) electrons. The van der Waals surface area contributed by atoms with Gasteiger partial charge >= 0.3 is 5.97 Å². The van der Waals surface area contributed by atoms with Gasteiger partial charge in [-0.25, -0.2) is 0 Å². The third-order valence-electron chi connectivity index (χ3n) is 4.83. The molecule has 3 rings (SSSR count). The van der Waals surface area contributed by atoms with Crippen molar-refractivity contribution >= 4 is 45.0 Å². The lowest BCUT2D eigenvalue weighted by atomic mass is 10.1. The number of halogens is 1. The number of nitrogens with zero attached hydrogens (tertiary/aromatic N) is 3. The van der Waals surface area contributed by atoms with E-state index in [1.165, 1.54) is 18.4 Å². The van der Waals surface area contributed by atoms with Crippen LogP contribution >= 0.6 is 22.9 Å². The summed E-state index contributed by atoms with van der Waals surface area (Å²) in [6.45, 7) is 7.06. The van der Waals surface area contributed by atoms with Gasteiger partial charge in [0.2, 0.25) is 0 Å². The molecule has 0 bridgehead atoms. The number of rotatable bonds is 7. The smallest absolute Gasteiger partial charge is 0.310 e. The van der Waals surface area contributed by atoms with Crippen molar-refractivity contribution in [3.05, 3.63) is 51.5 Å². The van der Waals surface area contributed by atoms with Gasteiger partial charge in [0, 0.05) is 23.5 Å². The van der Waals surface area contributed by atoms with E-state index in [0.717, 1.165) is 21.5 Å². The van der Waals surface area contributed by atoms with Crippen LogP contribution in [0.4, 0.5) is 0 Å². The summed E-state index contributed by atoms with van der Waals surface area (Å²) in [5.41, 5.74) is 1.97. The maximum absolute atomic E-state index is 13.0. The molecule has 0 fully saturated rings. The van der Waals surface area contributed by atoms with Crippen molar-refractivity contribution in [2.75, 3.05) is 20.2 Å². The SMILES string of the molecule is CCN(CC(C)C(=O)OC)C(=O)c1cc2c(C)nn(Cc3ccc(Cl)cc3)c2s1. The molecular formula is C21H24ClN3O3S. The summed E-state index contributed by atoms with van der Waals surface area (Å²) in [4.78, 5) is 28.1. The molecule has 0 saturated heterocycles. The predicted molar refractivity (Wildman–Crippen MR) is 116 cm³/mol. The van der Waals surface area contributed by atoms with Crippen molar-refractivity contribution in [3.8, 4) is 0 Å². The van der Waals surface area contributed by atoms with Gasteiger partial charge in [0.15, 0.2) is 0 Å². The maximum atomic E-state index is 13.0. The fourth-order valence-electron chi connectivity index (χ4n) is 3.21. The molecule has 6 nitrogen and oxygen atoms in total. The molecule has 2 aromatic heterocycles. The Labute approximate surface area is 179 Å². The average Bonchev–Trinajstić information content (AvgIpc) is 3.27. The van der Waals surface area contributed by atoms with Gasteiger partial charge in [-0.05, 0) is 37.6 Å². The van der Waals surface area contributed by atoms with E-state index in [9.17, 15) is 9.59 Å². The van der Waals surface area contributed by atoms with Gasteiger partial charge in [-0.1, -0.05) is 30.7 Å². The zero-order valence-electron chi connectivity index (χ0n) is 16.9. The van der Waals surface area contributed by atoms with Gasteiger partial charge in [0.05, 0.1) is 30.1 Å². The average molecular weight is 434 g/mol. The largest absolute Gasteiger partial charge is 0.469 e. The van der Waals surface area contributed by atoms with Gasteiger partial charge in [-0.3, -0.25) is 14.3 Å². The van der Waals surface area contributed by atoms with E-state index in [0.29, 0.717) is 29.5 Å². The number of aryl methyl sites for hydroxylation is 1. The van der Waals surface area contributed by atoms with E-state index in [1.54, 1.807) is 11.8 Å². The Morgan fingerprint density at radius 3 is 2.62 bits per heavy atom. The standard InChI is InChI=1S/C21H24ClN3O3S/c1-5-24(11-13(2)21(27)28-4)19(26)18-10-17-14(3)23-25(20(17)29-18)12-15-6-8-16(22)9-7-15/h6-10,13H,5,11-12H2,1-4H3. The van der Waals surface area contributed by atoms with E-state index in [-0.39, 0.29) is 17.8 Å². The number of fused-ring (bicyclic) bond motifs is 1. The quantitative estimate of drug-likeness (QED) is 0.518. The summed E-state index contributed by atoms with van der Waals surface area (Å²) >= 11 is 7.40. The number of amides is 1. The number of esters is 1. The first-order valence-corrected chi connectivity index (χ1v) is 10.6. The first kappa shape index (κ1) is 21.3. The lowest BCUT2D eigenvalue weighted by molar-refractivity contribution is -0.145. The van der Waals surface area contributed by atoms with E-state index in [4.69, 9.17) is 16.3 Å². The van der Waals surface area contributed by atoms with Crippen molar-refractivity contribution in [3.63, 3.8) is 0 Å². The Morgan fingerprint density at radius 2 is 2.00 bits per heavy atom. The van der Waals surface area contributed by atoms with Crippen LogP contribution in [0.15, 0.2) is 30.3 Å². The molecule has 1 amide bonds. The number of carbonyl (C=O) groups is 2. The van der Waals surface area contributed by atoms with E-state index >= 15 is 0 Å². The Hall–Kier alpha value is -2.38. The van der Waals surface area contributed by atoms with Gasteiger partial charge in [0.25, 0.3) is 5.91 Å². The van der Waals surface area contributed by atoms with Crippen LogP contribution in [0.25, 0.3) is 10.2 Å². The summed E-state index contributed by atoms with van der Waals surface area (Å²) in [7, 11) is 1.36. The third-order valence-corrected chi connectivity index (χ3v) is 6.22. The summed E-state index contributed by atoms with van der Waals surface area (Å²) in [5.74, 6) is -0.774. The fourth-order valence-corrected chi connectivity index (χ4v) is 4.46. The minimum Gasteiger partial charge on any atom is -0.469 e. The number of ether oxygens (including phenoxy) is 1. The molecule has 29 heavy (non-hydrogen) atoms. The topological polar surface area (TPSA) is 64.4 Å². The molecule has 0 aliphatic carbocycles. The highest BCUT2D eigenvalue weighted by Gasteiger charge is 2.24. The molecule has 8 heteroatoms. The van der Waals surface area contributed by atoms with Crippen LogP contribution in [-0.2, 0) is 16.1 Å². The highest BCUT2D eigenvalue weighted by molar-refractivity contribution is 7.20. The highest BCUT2D eigenvalue weighted by atomic mass is 35.5.